The average molecular weight is 293 g/mol. The molecule has 1 aliphatic carbocycles. The van der Waals surface area contributed by atoms with Gasteiger partial charge in [-0.2, -0.15) is 0 Å². The summed E-state index contributed by atoms with van der Waals surface area (Å²) >= 11 is 0. The van der Waals surface area contributed by atoms with E-state index < -0.39 is 0 Å². The molecule has 0 bridgehead atoms. The quantitative estimate of drug-likeness (QED) is 0.803. The summed E-state index contributed by atoms with van der Waals surface area (Å²) in [4.78, 5) is 0. The van der Waals surface area contributed by atoms with Crippen molar-refractivity contribution in [2.75, 3.05) is 0 Å². The van der Waals surface area contributed by atoms with Gasteiger partial charge in [-0.3, -0.25) is 0 Å². The summed E-state index contributed by atoms with van der Waals surface area (Å²) in [5.74, 6) is 0. The Balaban J connectivity index is 0. The van der Waals surface area contributed by atoms with Crippen LogP contribution in [0.15, 0.2) is 30.3 Å². The standard InChI is InChI=1S/C14H21N.2ClH.H3N/c1-13(2)10-6-7-11-14(13,15)12-8-4-3-5-9-12;;;/h3-5,8-9H,6-7,10-11,15H2,1-2H3;2*1H;1H3. The molecule has 4 heteroatoms. The van der Waals surface area contributed by atoms with E-state index in [1.165, 1.54) is 24.8 Å². The molecule has 0 aliphatic heterocycles. The van der Waals surface area contributed by atoms with E-state index in [9.17, 15) is 0 Å². The lowest BCUT2D eigenvalue weighted by atomic mass is 9.61. The number of rotatable bonds is 1. The molecule has 0 amide bonds. The third-order valence-electron chi connectivity index (χ3n) is 4.12. The maximum atomic E-state index is 6.66. The Kier molecular flexibility index (Phi) is 8.18. The SMILES string of the molecule is CC1(C)CCCCC1(N)c1ccccc1.Cl.Cl.N. The van der Waals surface area contributed by atoms with Gasteiger partial charge < -0.3 is 11.9 Å². The lowest BCUT2D eigenvalue weighted by Crippen LogP contribution is -2.51. The van der Waals surface area contributed by atoms with Gasteiger partial charge in [0.15, 0.2) is 0 Å². The average Bonchev–Trinajstić information content (AvgIpc) is 2.24. The molecule has 0 radical (unpaired) electrons. The lowest BCUT2D eigenvalue weighted by molar-refractivity contribution is 0.0978. The summed E-state index contributed by atoms with van der Waals surface area (Å²) in [6.45, 7) is 4.61. The zero-order chi connectivity index (χ0) is 10.9. The smallest absolute Gasteiger partial charge is 0.0461 e. The minimum atomic E-state index is -0.132. The fourth-order valence-electron chi connectivity index (χ4n) is 2.80. The highest BCUT2D eigenvalue weighted by atomic mass is 35.5. The number of hydrogen-bond acceptors (Lipinski definition) is 2. The van der Waals surface area contributed by atoms with E-state index in [4.69, 9.17) is 5.73 Å². The maximum absolute atomic E-state index is 6.66. The van der Waals surface area contributed by atoms with Crippen LogP contribution in [0.4, 0.5) is 0 Å². The first-order chi connectivity index (χ1) is 7.06. The first kappa shape index (κ1) is 20.0. The molecule has 0 saturated heterocycles. The Morgan fingerprint density at radius 1 is 0.944 bits per heavy atom. The molecule has 18 heavy (non-hydrogen) atoms. The summed E-state index contributed by atoms with van der Waals surface area (Å²) in [7, 11) is 0. The van der Waals surface area contributed by atoms with Crippen LogP contribution in [-0.4, -0.2) is 0 Å². The van der Waals surface area contributed by atoms with Crippen molar-refractivity contribution in [3.8, 4) is 0 Å². The third-order valence-corrected chi connectivity index (χ3v) is 4.12. The molecular weight excluding hydrogens is 267 g/mol. The van der Waals surface area contributed by atoms with E-state index in [0.717, 1.165) is 6.42 Å². The van der Waals surface area contributed by atoms with E-state index in [1.807, 2.05) is 0 Å². The molecule has 1 aliphatic rings. The fourth-order valence-corrected chi connectivity index (χ4v) is 2.80. The molecule has 0 aromatic heterocycles. The number of benzene rings is 1. The first-order valence-electron chi connectivity index (χ1n) is 5.91. The molecule has 1 saturated carbocycles. The van der Waals surface area contributed by atoms with Crippen LogP contribution < -0.4 is 11.9 Å². The van der Waals surface area contributed by atoms with E-state index in [-0.39, 0.29) is 41.9 Å². The molecule has 1 aromatic rings. The van der Waals surface area contributed by atoms with Crippen molar-refractivity contribution in [2.24, 2.45) is 11.1 Å². The number of halogens is 2. The van der Waals surface area contributed by atoms with Gasteiger partial charge in [-0.1, -0.05) is 57.0 Å². The Morgan fingerprint density at radius 3 is 1.94 bits per heavy atom. The minimum absolute atomic E-state index is 0. The number of hydrogen-bond donors (Lipinski definition) is 2. The molecular formula is C14H26Cl2N2. The molecule has 2 rings (SSSR count). The van der Waals surface area contributed by atoms with Crippen LogP contribution in [0.5, 0.6) is 0 Å². The van der Waals surface area contributed by atoms with E-state index >= 15 is 0 Å². The largest absolute Gasteiger partial charge is 0.344 e. The predicted molar refractivity (Wildman–Crippen MR) is 84.1 cm³/mol. The van der Waals surface area contributed by atoms with Gasteiger partial charge in [0.25, 0.3) is 0 Å². The Hall–Kier alpha value is -0.280. The van der Waals surface area contributed by atoms with E-state index in [0.29, 0.717) is 0 Å². The Labute approximate surface area is 123 Å². The summed E-state index contributed by atoms with van der Waals surface area (Å²) < 4.78 is 0. The highest BCUT2D eigenvalue weighted by Gasteiger charge is 2.44. The third kappa shape index (κ3) is 3.39. The van der Waals surface area contributed by atoms with Gasteiger partial charge in [-0.15, -0.1) is 24.8 Å². The van der Waals surface area contributed by atoms with Crippen LogP contribution in [-0.2, 0) is 5.54 Å². The monoisotopic (exact) mass is 292 g/mol. The molecule has 0 heterocycles. The van der Waals surface area contributed by atoms with Crippen LogP contribution in [0.2, 0.25) is 0 Å². The topological polar surface area (TPSA) is 61.0 Å². The fraction of sp³-hybridized carbons (Fsp3) is 0.571. The first-order valence-corrected chi connectivity index (χ1v) is 5.91. The second-order valence-corrected chi connectivity index (χ2v) is 5.43. The highest BCUT2D eigenvalue weighted by Crippen LogP contribution is 2.48. The summed E-state index contributed by atoms with van der Waals surface area (Å²) in [6, 6.07) is 10.6. The van der Waals surface area contributed by atoms with Crippen LogP contribution in [0, 0.1) is 5.41 Å². The molecule has 106 valence electrons. The van der Waals surface area contributed by atoms with Crippen LogP contribution >= 0.6 is 24.8 Å². The van der Waals surface area contributed by atoms with Gasteiger partial charge >= 0.3 is 0 Å². The summed E-state index contributed by atoms with van der Waals surface area (Å²) in [5, 5.41) is 0. The molecule has 1 aromatic carbocycles. The van der Waals surface area contributed by atoms with E-state index in [2.05, 4.69) is 44.2 Å². The van der Waals surface area contributed by atoms with Crippen LogP contribution in [0.25, 0.3) is 0 Å². The molecule has 5 N–H and O–H groups in total. The van der Waals surface area contributed by atoms with Crippen molar-refractivity contribution in [3.05, 3.63) is 35.9 Å². The van der Waals surface area contributed by atoms with Gasteiger partial charge in [-0.05, 0) is 23.8 Å². The Morgan fingerprint density at radius 2 is 1.44 bits per heavy atom. The van der Waals surface area contributed by atoms with Crippen molar-refractivity contribution >= 4 is 24.8 Å². The zero-order valence-electron chi connectivity index (χ0n) is 11.3. The molecule has 1 atom stereocenters. The molecule has 2 nitrogen and oxygen atoms in total. The van der Waals surface area contributed by atoms with Crippen LogP contribution in [0.3, 0.4) is 0 Å². The van der Waals surface area contributed by atoms with Crippen LogP contribution in [0.1, 0.15) is 45.1 Å². The van der Waals surface area contributed by atoms with Gasteiger partial charge in [0.1, 0.15) is 0 Å². The minimum Gasteiger partial charge on any atom is -0.344 e. The Bertz CT molecular complexity index is 341. The predicted octanol–water partition coefficient (Wildman–Crippen LogP) is 4.45. The summed E-state index contributed by atoms with van der Waals surface area (Å²) in [5.41, 5.74) is 8.04. The van der Waals surface area contributed by atoms with Gasteiger partial charge in [0.05, 0.1) is 0 Å². The van der Waals surface area contributed by atoms with Gasteiger partial charge in [0.2, 0.25) is 0 Å². The van der Waals surface area contributed by atoms with Crippen molar-refractivity contribution < 1.29 is 0 Å². The maximum Gasteiger partial charge on any atom is 0.0461 e. The number of nitrogens with two attached hydrogens (primary N) is 1. The van der Waals surface area contributed by atoms with Crippen molar-refractivity contribution in [3.63, 3.8) is 0 Å². The molecule has 1 unspecified atom stereocenters. The van der Waals surface area contributed by atoms with Gasteiger partial charge in [0, 0.05) is 5.54 Å². The van der Waals surface area contributed by atoms with Crippen molar-refractivity contribution in [2.45, 2.75) is 45.1 Å². The normalized spacial score (nSPS) is 25.1. The lowest BCUT2D eigenvalue weighted by Gasteiger charge is -2.48. The second kappa shape index (κ2) is 7.34. The molecule has 1 fully saturated rings. The molecule has 0 spiro atoms. The van der Waals surface area contributed by atoms with E-state index in [1.54, 1.807) is 0 Å². The van der Waals surface area contributed by atoms with Gasteiger partial charge in [-0.25, -0.2) is 0 Å². The highest BCUT2D eigenvalue weighted by molar-refractivity contribution is 5.85. The van der Waals surface area contributed by atoms with Crippen molar-refractivity contribution in [1.29, 1.82) is 0 Å². The summed E-state index contributed by atoms with van der Waals surface area (Å²) in [6.07, 6.45) is 4.93. The second-order valence-electron chi connectivity index (χ2n) is 5.43. The van der Waals surface area contributed by atoms with Crippen molar-refractivity contribution in [1.82, 2.24) is 6.15 Å². The zero-order valence-corrected chi connectivity index (χ0v) is 12.9.